The van der Waals surface area contributed by atoms with Gasteiger partial charge < -0.3 is 10.6 Å². The number of ether oxygens (including phenoxy) is 1. The molecular weight excluding hydrogens is 250 g/mol. The molecule has 2 N–H and O–H groups in total. The van der Waals surface area contributed by atoms with Crippen LogP contribution in [-0.4, -0.2) is 18.3 Å². The Balaban J connectivity index is 0.000000659. The number of nitrogens with zero attached hydrogens (tertiary/aromatic N) is 4. The van der Waals surface area contributed by atoms with Crippen LogP contribution in [0.25, 0.3) is 10.2 Å². The Morgan fingerprint density at radius 3 is 2.61 bits per heavy atom. The maximum absolute atomic E-state index is 6.50. The Kier molecular flexibility index (Phi) is 7.26. The molecular formula is C11H11N5OS. The molecule has 2 aromatic rings. The van der Waals surface area contributed by atoms with Gasteiger partial charge in [-0.05, 0) is 17.7 Å². The predicted molar refractivity (Wildman–Crippen MR) is 71.3 cm³/mol. The second-order valence-corrected chi connectivity index (χ2v) is 3.68. The van der Waals surface area contributed by atoms with Gasteiger partial charge in [0.2, 0.25) is 0 Å². The molecule has 0 spiro atoms. The standard InChI is InChI=1S/C9H9N3OS.2CHN/c1-13-9-12-7-3-2-6(5-11-10)4-8(7)14-9;2*1-2/h2-5H,10H2,1H3;2*1H. The van der Waals surface area contributed by atoms with Gasteiger partial charge in [-0.2, -0.15) is 5.10 Å². The van der Waals surface area contributed by atoms with E-state index in [1.54, 1.807) is 13.3 Å². The minimum absolute atomic E-state index is 0.668. The van der Waals surface area contributed by atoms with Gasteiger partial charge >= 0.3 is 0 Å². The summed E-state index contributed by atoms with van der Waals surface area (Å²) in [5.74, 6) is 5.07. The number of thiazole rings is 1. The summed E-state index contributed by atoms with van der Waals surface area (Å²) < 4.78 is 6.12. The van der Waals surface area contributed by atoms with Crippen LogP contribution >= 0.6 is 11.3 Å². The van der Waals surface area contributed by atoms with E-state index in [-0.39, 0.29) is 0 Å². The Morgan fingerprint density at radius 1 is 1.39 bits per heavy atom. The largest absolute Gasteiger partial charge is 0.473 e. The van der Waals surface area contributed by atoms with Gasteiger partial charge in [0.15, 0.2) is 0 Å². The summed E-state index contributed by atoms with van der Waals surface area (Å²) in [5, 5.41) is 17.1. The lowest BCUT2D eigenvalue weighted by atomic mass is 10.2. The smallest absolute Gasteiger partial charge is 0.274 e. The van der Waals surface area contributed by atoms with Gasteiger partial charge in [-0.25, -0.2) is 15.5 Å². The Labute approximate surface area is 109 Å². The highest BCUT2D eigenvalue weighted by atomic mass is 32.1. The fourth-order valence-electron chi connectivity index (χ4n) is 1.17. The predicted octanol–water partition coefficient (Wildman–Crippen LogP) is 1.88. The zero-order valence-electron chi connectivity index (χ0n) is 9.65. The molecule has 0 amide bonds. The molecule has 0 saturated heterocycles. The average molecular weight is 261 g/mol. The maximum Gasteiger partial charge on any atom is 0.274 e. The van der Waals surface area contributed by atoms with Crippen LogP contribution in [0, 0.1) is 23.7 Å². The molecule has 0 bridgehead atoms. The molecule has 6 nitrogen and oxygen atoms in total. The van der Waals surface area contributed by atoms with Crippen LogP contribution < -0.4 is 10.6 Å². The highest BCUT2D eigenvalue weighted by molar-refractivity contribution is 7.20. The zero-order valence-corrected chi connectivity index (χ0v) is 10.5. The molecule has 0 atom stereocenters. The molecule has 0 aliphatic rings. The maximum atomic E-state index is 6.50. The van der Waals surface area contributed by atoms with Gasteiger partial charge in [0.1, 0.15) is 0 Å². The van der Waals surface area contributed by atoms with Gasteiger partial charge in [0.25, 0.3) is 5.19 Å². The molecule has 1 aromatic carbocycles. The molecule has 2 rings (SSSR count). The van der Waals surface area contributed by atoms with Crippen LogP contribution in [0.2, 0.25) is 0 Å². The SMILES string of the molecule is C#N.C#N.COc1nc2ccc(C=NN)cc2s1. The van der Waals surface area contributed by atoms with E-state index >= 15 is 0 Å². The van der Waals surface area contributed by atoms with Crippen molar-refractivity contribution in [1.82, 2.24) is 4.98 Å². The summed E-state index contributed by atoms with van der Waals surface area (Å²) in [6, 6.07) is 5.81. The number of fused-ring (bicyclic) bond motifs is 1. The van der Waals surface area contributed by atoms with E-state index in [1.807, 2.05) is 18.2 Å². The second kappa shape index (κ2) is 8.50. The van der Waals surface area contributed by atoms with E-state index in [9.17, 15) is 0 Å². The van der Waals surface area contributed by atoms with Crippen LogP contribution in [0.3, 0.4) is 0 Å². The number of methoxy groups -OCH3 is 1. The normalized spacial score (nSPS) is 8.94. The minimum atomic E-state index is 0.668. The summed E-state index contributed by atoms with van der Waals surface area (Å²) in [6.07, 6.45) is 1.60. The number of hydrogen-bond donors (Lipinski definition) is 1. The van der Waals surface area contributed by atoms with Crippen molar-refractivity contribution in [3.8, 4) is 18.3 Å². The zero-order chi connectivity index (χ0) is 14.0. The van der Waals surface area contributed by atoms with Crippen molar-refractivity contribution >= 4 is 27.8 Å². The molecule has 18 heavy (non-hydrogen) atoms. The molecule has 7 heteroatoms. The summed E-state index contributed by atoms with van der Waals surface area (Å²) in [5.41, 5.74) is 1.90. The number of rotatable bonds is 2. The van der Waals surface area contributed by atoms with Crippen LogP contribution in [0.15, 0.2) is 23.3 Å². The van der Waals surface area contributed by atoms with E-state index in [2.05, 4.69) is 23.2 Å². The molecule has 0 radical (unpaired) electrons. The highest BCUT2D eigenvalue weighted by Crippen LogP contribution is 2.27. The van der Waals surface area contributed by atoms with E-state index < -0.39 is 0 Å². The molecule has 0 saturated carbocycles. The molecule has 1 aromatic heterocycles. The van der Waals surface area contributed by atoms with Crippen molar-refractivity contribution in [2.24, 2.45) is 10.9 Å². The first-order chi connectivity index (χ1) is 8.83. The Hall–Kier alpha value is -2.64. The van der Waals surface area contributed by atoms with Crippen molar-refractivity contribution in [1.29, 1.82) is 10.5 Å². The number of hydrazone groups is 1. The molecule has 0 aliphatic heterocycles. The third kappa shape index (κ3) is 3.74. The van der Waals surface area contributed by atoms with E-state index in [1.165, 1.54) is 11.3 Å². The van der Waals surface area contributed by atoms with E-state index in [0.29, 0.717) is 5.19 Å². The quantitative estimate of drug-likeness (QED) is 0.504. The summed E-state index contributed by atoms with van der Waals surface area (Å²) in [6.45, 7) is 7.00. The third-order valence-corrected chi connectivity index (χ3v) is 2.77. The second-order valence-electron chi connectivity index (χ2n) is 2.69. The Morgan fingerprint density at radius 2 is 2.06 bits per heavy atom. The number of nitriles is 2. The third-order valence-electron chi connectivity index (χ3n) is 1.79. The topological polar surface area (TPSA) is 108 Å². The van der Waals surface area contributed by atoms with Crippen molar-refractivity contribution in [3.63, 3.8) is 0 Å². The van der Waals surface area contributed by atoms with Gasteiger partial charge in [-0.15, -0.1) is 0 Å². The lowest BCUT2D eigenvalue weighted by Gasteiger charge is -1.90. The van der Waals surface area contributed by atoms with Gasteiger partial charge in [0.05, 0.1) is 23.5 Å². The highest BCUT2D eigenvalue weighted by Gasteiger charge is 2.03. The lowest BCUT2D eigenvalue weighted by Crippen LogP contribution is -1.85. The van der Waals surface area contributed by atoms with E-state index in [4.69, 9.17) is 21.1 Å². The van der Waals surface area contributed by atoms with Gasteiger partial charge in [0, 0.05) is 13.1 Å². The fourth-order valence-corrected chi connectivity index (χ4v) is 2.00. The molecule has 0 unspecified atom stereocenters. The van der Waals surface area contributed by atoms with Gasteiger partial charge in [-0.1, -0.05) is 17.4 Å². The van der Waals surface area contributed by atoms with Crippen molar-refractivity contribution in [3.05, 3.63) is 23.8 Å². The number of hydrogen-bond acceptors (Lipinski definition) is 7. The first-order valence-electron chi connectivity index (χ1n) is 4.53. The monoisotopic (exact) mass is 261 g/mol. The van der Waals surface area contributed by atoms with Gasteiger partial charge in [-0.3, -0.25) is 0 Å². The van der Waals surface area contributed by atoms with Crippen LogP contribution in [0.4, 0.5) is 0 Å². The van der Waals surface area contributed by atoms with E-state index in [0.717, 1.165) is 15.8 Å². The summed E-state index contributed by atoms with van der Waals surface area (Å²) in [4.78, 5) is 4.25. The van der Waals surface area contributed by atoms with Crippen LogP contribution in [0.5, 0.6) is 5.19 Å². The molecule has 92 valence electrons. The van der Waals surface area contributed by atoms with Crippen LogP contribution in [-0.2, 0) is 0 Å². The molecule has 0 fully saturated rings. The minimum Gasteiger partial charge on any atom is -0.473 e. The van der Waals surface area contributed by atoms with Crippen LogP contribution in [0.1, 0.15) is 5.56 Å². The number of aromatic nitrogens is 1. The first kappa shape index (κ1) is 15.4. The molecule has 0 aliphatic carbocycles. The van der Waals surface area contributed by atoms with Crippen molar-refractivity contribution < 1.29 is 4.74 Å². The van der Waals surface area contributed by atoms with Crippen molar-refractivity contribution in [2.45, 2.75) is 0 Å². The summed E-state index contributed by atoms with van der Waals surface area (Å²) in [7, 11) is 1.61. The lowest BCUT2D eigenvalue weighted by molar-refractivity contribution is 0.413. The molecule has 1 heterocycles. The number of benzene rings is 1. The van der Waals surface area contributed by atoms with Crippen molar-refractivity contribution in [2.75, 3.05) is 7.11 Å². The first-order valence-corrected chi connectivity index (χ1v) is 5.34. The average Bonchev–Trinajstić information content (AvgIpc) is 2.86. The summed E-state index contributed by atoms with van der Waals surface area (Å²) >= 11 is 1.50. The fraction of sp³-hybridized carbons (Fsp3) is 0.0909. The number of nitrogens with two attached hydrogens (primary N) is 1. The Bertz CT molecular complexity index is 552.